The van der Waals surface area contributed by atoms with Gasteiger partial charge in [-0.1, -0.05) is 41.9 Å². The van der Waals surface area contributed by atoms with Gasteiger partial charge in [0.15, 0.2) is 5.78 Å². The minimum Gasteiger partial charge on any atom is -0.380 e. The summed E-state index contributed by atoms with van der Waals surface area (Å²) in [6.45, 7) is 0. The van der Waals surface area contributed by atoms with Crippen molar-refractivity contribution in [3.63, 3.8) is 0 Å². The molecule has 4 heteroatoms. The van der Waals surface area contributed by atoms with Crippen LogP contribution in [0.15, 0.2) is 48.5 Å². The second-order valence-corrected chi connectivity index (χ2v) is 4.21. The van der Waals surface area contributed by atoms with Crippen molar-refractivity contribution in [1.29, 1.82) is 0 Å². The Hall–Kier alpha value is -1.71. The molecule has 0 saturated heterocycles. The number of aliphatic hydroxyl groups excluding tert-OH is 1. The van der Waals surface area contributed by atoms with Gasteiger partial charge < -0.3 is 5.11 Å². The van der Waals surface area contributed by atoms with Crippen LogP contribution >= 0.6 is 11.6 Å². The van der Waals surface area contributed by atoms with Gasteiger partial charge in [0.25, 0.3) is 0 Å². The molecule has 0 bridgehead atoms. The third kappa shape index (κ3) is 2.58. The van der Waals surface area contributed by atoms with Gasteiger partial charge >= 0.3 is 0 Å². The molecule has 0 aromatic heterocycles. The van der Waals surface area contributed by atoms with Crippen LogP contribution in [0.5, 0.6) is 0 Å². The number of ketones is 1. The molecule has 1 atom stereocenters. The second-order valence-electron chi connectivity index (χ2n) is 3.81. The van der Waals surface area contributed by atoms with Crippen LogP contribution in [0.3, 0.4) is 0 Å². The molecule has 1 N–H and O–H groups in total. The number of hydrogen-bond donors (Lipinski definition) is 1. The normalized spacial score (nSPS) is 12.2. The molecule has 92 valence electrons. The summed E-state index contributed by atoms with van der Waals surface area (Å²) >= 11 is 5.60. The van der Waals surface area contributed by atoms with Gasteiger partial charge in [-0.25, -0.2) is 4.39 Å². The highest BCUT2D eigenvalue weighted by Gasteiger charge is 2.19. The first-order valence-electron chi connectivity index (χ1n) is 5.32. The molecule has 0 spiro atoms. The maximum atomic E-state index is 13.0. The molecule has 0 aliphatic rings. The lowest BCUT2D eigenvalue weighted by molar-refractivity contribution is 0.0747. The lowest BCUT2D eigenvalue weighted by atomic mass is 10.00. The minimum atomic E-state index is -1.27. The van der Waals surface area contributed by atoms with Gasteiger partial charge in [0.05, 0.1) is 5.02 Å². The summed E-state index contributed by atoms with van der Waals surface area (Å²) in [5, 5.41) is 9.78. The summed E-state index contributed by atoms with van der Waals surface area (Å²) < 4.78 is 13.0. The first kappa shape index (κ1) is 12.7. The number of Topliss-reactive ketones (excluding diaryl/α,β-unsaturated/α-hetero) is 1. The van der Waals surface area contributed by atoms with Gasteiger partial charge in [-0.15, -0.1) is 0 Å². The number of carbonyl (C=O) groups excluding carboxylic acids is 1. The summed E-state index contributed by atoms with van der Waals surface area (Å²) in [5.41, 5.74) is 0.667. The molecule has 18 heavy (non-hydrogen) atoms. The van der Waals surface area contributed by atoms with E-state index in [0.717, 1.165) is 6.07 Å². The number of aliphatic hydroxyl groups is 1. The van der Waals surface area contributed by atoms with Gasteiger partial charge in [0.1, 0.15) is 11.9 Å². The monoisotopic (exact) mass is 264 g/mol. The first-order valence-corrected chi connectivity index (χ1v) is 5.69. The van der Waals surface area contributed by atoms with Gasteiger partial charge in [0, 0.05) is 5.56 Å². The topological polar surface area (TPSA) is 37.3 Å². The highest BCUT2D eigenvalue weighted by molar-refractivity contribution is 6.31. The zero-order valence-electron chi connectivity index (χ0n) is 9.31. The molecule has 1 unspecified atom stereocenters. The zero-order chi connectivity index (χ0) is 13.1. The molecule has 2 nitrogen and oxygen atoms in total. The van der Waals surface area contributed by atoms with E-state index in [4.69, 9.17) is 11.6 Å². The lowest BCUT2D eigenvalue weighted by Gasteiger charge is -2.10. The molecule has 0 saturated carbocycles. The van der Waals surface area contributed by atoms with Crippen molar-refractivity contribution in [2.24, 2.45) is 0 Å². The molecule has 0 amide bonds. The largest absolute Gasteiger partial charge is 0.380 e. The Morgan fingerprint density at radius 3 is 2.44 bits per heavy atom. The number of halogens is 2. The molecule has 2 rings (SSSR count). The molecule has 0 aliphatic carbocycles. The number of carbonyl (C=O) groups is 1. The average molecular weight is 265 g/mol. The fraction of sp³-hybridized carbons (Fsp3) is 0.0714. The van der Waals surface area contributed by atoms with Crippen LogP contribution in [0, 0.1) is 5.82 Å². The van der Waals surface area contributed by atoms with Crippen LogP contribution in [0.4, 0.5) is 4.39 Å². The van der Waals surface area contributed by atoms with E-state index in [0.29, 0.717) is 5.56 Å². The van der Waals surface area contributed by atoms with E-state index >= 15 is 0 Å². The molecule has 0 aliphatic heterocycles. The van der Waals surface area contributed by atoms with Gasteiger partial charge in [0.2, 0.25) is 0 Å². The van der Waals surface area contributed by atoms with E-state index in [1.165, 1.54) is 12.1 Å². The molecule has 0 radical (unpaired) electrons. The van der Waals surface area contributed by atoms with E-state index in [1.54, 1.807) is 30.3 Å². The Morgan fingerprint density at radius 2 is 1.83 bits per heavy atom. The predicted molar refractivity (Wildman–Crippen MR) is 67.1 cm³/mol. The van der Waals surface area contributed by atoms with Crippen molar-refractivity contribution in [3.05, 3.63) is 70.5 Å². The number of rotatable bonds is 3. The molecule has 0 fully saturated rings. The fourth-order valence-corrected chi connectivity index (χ4v) is 1.77. The van der Waals surface area contributed by atoms with Crippen LogP contribution < -0.4 is 0 Å². The van der Waals surface area contributed by atoms with Crippen molar-refractivity contribution in [2.75, 3.05) is 0 Å². The Balaban J connectivity index is 2.29. The van der Waals surface area contributed by atoms with Gasteiger partial charge in [-0.2, -0.15) is 0 Å². The molecule has 0 heterocycles. The highest BCUT2D eigenvalue weighted by Crippen LogP contribution is 2.22. The standard InChI is InChI=1S/C14H10ClFO2/c15-11-8-10(6-7-12(11)16)14(18)13(17)9-4-2-1-3-5-9/h1-8,13,17H. The van der Waals surface area contributed by atoms with Crippen LogP contribution in [-0.4, -0.2) is 10.9 Å². The summed E-state index contributed by atoms with van der Waals surface area (Å²) in [6, 6.07) is 12.2. The summed E-state index contributed by atoms with van der Waals surface area (Å²) in [4.78, 5) is 12.0. The first-order chi connectivity index (χ1) is 8.59. The smallest absolute Gasteiger partial charge is 0.195 e. The molecule has 2 aromatic carbocycles. The SMILES string of the molecule is O=C(c1ccc(F)c(Cl)c1)C(O)c1ccccc1. The van der Waals surface area contributed by atoms with Crippen molar-refractivity contribution in [3.8, 4) is 0 Å². The van der Waals surface area contributed by atoms with E-state index in [9.17, 15) is 14.3 Å². The quantitative estimate of drug-likeness (QED) is 0.863. The summed E-state index contributed by atoms with van der Waals surface area (Å²) in [7, 11) is 0. The second kappa shape index (κ2) is 5.29. The Bertz CT molecular complexity index is 569. The Kier molecular flexibility index (Phi) is 3.75. The molecular weight excluding hydrogens is 255 g/mol. The van der Waals surface area contributed by atoms with Gasteiger partial charge in [-0.05, 0) is 23.8 Å². The van der Waals surface area contributed by atoms with Crippen molar-refractivity contribution in [2.45, 2.75) is 6.10 Å². The lowest BCUT2D eigenvalue weighted by Crippen LogP contribution is -2.12. The van der Waals surface area contributed by atoms with Crippen molar-refractivity contribution >= 4 is 17.4 Å². The number of benzene rings is 2. The fourth-order valence-electron chi connectivity index (χ4n) is 1.59. The summed E-state index contributed by atoms with van der Waals surface area (Å²) in [5.74, 6) is -1.11. The number of hydrogen-bond acceptors (Lipinski definition) is 2. The summed E-state index contributed by atoms with van der Waals surface area (Å²) in [6.07, 6.45) is -1.27. The third-order valence-electron chi connectivity index (χ3n) is 2.57. The minimum absolute atomic E-state index is 0.138. The van der Waals surface area contributed by atoms with Gasteiger partial charge in [-0.3, -0.25) is 4.79 Å². The zero-order valence-corrected chi connectivity index (χ0v) is 10.1. The molecular formula is C14H10ClFO2. The third-order valence-corrected chi connectivity index (χ3v) is 2.86. The Labute approximate surface area is 109 Å². The average Bonchev–Trinajstić information content (AvgIpc) is 2.41. The van der Waals surface area contributed by atoms with E-state index in [2.05, 4.69) is 0 Å². The van der Waals surface area contributed by atoms with Crippen LogP contribution in [-0.2, 0) is 0 Å². The van der Waals surface area contributed by atoms with Crippen molar-refractivity contribution < 1.29 is 14.3 Å². The Morgan fingerprint density at radius 1 is 1.17 bits per heavy atom. The van der Waals surface area contributed by atoms with Crippen LogP contribution in [0.2, 0.25) is 5.02 Å². The van der Waals surface area contributed by atoms with Crippen LogP contribution in [0.1, 0.15) is 22.0 Å². The maximum Gasteiger partial charge on any atom is 0.195 e. The highest BCUT2D eigenvalue weighted by atomic mass is 35.5. The predicted octanol–water partition coefficient (Wildman–Crippen LogP) is 3.40. The van der Waals surface area contributed by atoms with E-state index < -0.39 is 17.7 Å². The van der Waals surface area contributed by atoms with Crippen LogP contribution in [0.25, 0.3) is 0 Å². The maximum absolute atomic E-state index is 13.0. The molecule has 2 aromatic rings. The van der Waals surface area contributed by atoms with E-state index in [1.807, 2.05) is 0 Å². The van der Waals surface area contributed by atoms with Crippen molar-refractivity contribution in [1.82, 2.24) is 0 Å². The van der Waals surface area contributed by atoms with E-state index in [-0.39, 0.29) is 10.6 Å².